The molecule has 1 aromatic rings. The summed E-state index contributed by atoms with van der Waals surface area (Å²) in [6.07, 6.45) is 2.62. The van der Waals surface area contributed by atoms with E-state index in [1.807, 2.05) is 11.8 Å². The number of nitrogens with zero attached hydrogens (tertiary/aromatic N) is 1. The van der Waals surface area contributed by atoms with E-state index in [-0.39, 0.29) is 18.1 Å². The number of carbonyl (C=O) groups is 1. The second kappa shape index (κ2) is 4.39. The topological polar surface area (TPSA) is 32.3 Å². The number of rotatable bonds is 3. The van der Waals surface area contributed by atoms with Crippen LogP contribution in [0, 0.1) is 12.8 Å². The summed E-state index contributed by atoms with van der Waals surface area (Å²) >= 11 is 0. The van der Waals surface area contributed by atoms with Crippen molar-refractivity contribution in [3.8, 4) is 0 Å². The Hall–Kier alpha value is -1.35. The minimum atomic E-state index is -0.0609. The van der Waals surface area contributed by atoms with Gasteiger partial charge in [-0.25, -0.2) is 0 Å². The van der Waals surface area contributed by atoms with Crippen LogP contribution in [0.15, 0.2) is 24.3 Å². The van der Waals surface area contributed by atoms with Crippen LogP contribution in [0.4, 0.5) is 0 Å². The molecule has 2 atom stereocenters. The maximum Gasteiger partial charge on any atom is 0.241 e. The van der Waals surface area contributed by atoms with Crippen LogP contribution in [0.2, 0.25) is 0 Å². The second-order valence-electron chi connectivity index (χ2n) is 5.64. The van der Waals surface area contributed by atoms with Gasteiger partial charge in [0.25, 0.3) is 0 Å². The first-order valence-electron chi connectivity index (χ1n) is 6.78. The molecule has 1 amide bonds. The lowest BCUT2D eigenvalue weighted by Crippen LogP contribution is -2.32. The Balaban J connectivity index is 1.86. The maximum atomic E-state index is 12.2. The molecule has 0 bridgehead atoms. The molecule has 2 fully saturated rings. The smallest absolute Gasteiger partial charge is 0.241 e. The highest BCUT2D eigenvalue weighted by Gasteiger charge is 2.39. The average molecular weight is 244 g/mol. The maximum absolute atomic E-state index is 12.2. The SMILES string of the molecule is Cc1cccc(C2NC(C)C(=O)N2CC2CC2)c1. The fraction of sp³-hybridized carbons (Fsp3) is 0.533. The number of hydrogen-bond donors (Lipinski definition) is 1. The Kier molecular flexibility index (Phi) is 2.86. The predicted molar refractivity (Wildman–Crippen MR) is 71.0 cm³/mol. The van der Waals surface area contributed by atoms with Crippen LogP contribution in [0.5, 0.6) is 0 Å². The molecule has 3 rings (SSSR count). The van der Waals surface area contributed by atoms with Crippen molar-refractivity contribution >= 4 is 5.91 Å². The van der Waals surface area contributed by atoms with E-state index < -0.39 is 0 Å². The standard InChI is InChI=1S/C15H20N2O/c1-10-4-3-5-13(8-10)14-16-11(2)15(18)17(14)9-12-6-7-12/h3-5,8,11-12,14,16H,6-7,9H2,1-2H3. The molecule has 1 heterocycles. The molecule has 1 saturated carbocycles. The largest absolute Gasteiger partial charge is 0.321 e. The van der Waals surface area contributed by atoms with E-state index in [4.69, 9.17) is 0 Å². The van der Waals surface area contributed by atoms with Crippen LogP contribution < -0.4 is 5.32 Å². The van der Waals surface area contributed by atoms with Gasteiger partial charge in [0.15, 0.2) is 0 Å². The summed E-state index contributed by atoms with van der Waals surface area (Å²) < 4.78 is 0. The zero-order valence-electron chi connectivity index (χ0n) is 11.0. The van der Waals surface area contributed by atoms with E-state index >= 15 is 0 Å². The third kappa shape index (κ3) is 2.15. The Labute approximate surface area is 108 Å². The molecular formula is C15H20N2O. The van der Waals surface area contributed by atoms with Crippen molar-refractivity contribution in [2.45, 2.75) is 38.9 Å². The van der Waals surface area contributed by atoms with Crippen molar-refractivity contribution in [2.75, 3.05) is 6.54 Å². The van der Waals surface area contributed by atoms with E-state index in [9.17, 15) is 4.79 Å². The average Bonchev–Trinajstić information content (AvgIpc) is 3.11. The quantitative estimate of drug-likeness (QED) is 0.884. The van der Waals surface area contributed by atoms with Crippen LogP contribution in [-0.2, 0) is 4.79 Å². The molecule has 1 N–H and O–H groups in total. The lowest BCUT2D eigenvalue weighted by atomic mass is 10.1. The Morgan fingerprint density at radius 1 is 1.39 bits per heavy atom. The lowest BCUT2D eigenvalue weighted by Gasteiger charge is -2.24. The number of benzene rings is 1. The Morgan fingerprint density at radius 3 is 2.83 bits per heavy atom. The molecule has 2 aliphatic rings. The third-order valence-corrected chi connectivity index (χ3v) is 3.88. The van der Waals surface area contributed by atoms with Crippen LogP contribution in [0.3, 0.4) is 0 Å². The Morgan fingerprint density at radius 2 is 2.17 bits per heavy atom. The minimum Gasteiger partial charge on any atom is -0.321 e. The number of aryl methyl sites for hydroxylation is 1. The minimum absolute atomic E-state index is 0.0609. The van der Waals surface area contributed by atoms with Gasteiger partial charge >= 0.3 is 0 Å². The molecule has 1 aliphatic carbocycles. The van der Waals surface area contributed by atoms with Gasteiger partial charge < -0.3 is 4.90 Å². The third-order valence-electron chi connectivity index (χ3n) is 3.88. The van der Waals surface area contributed by atoms with Gasteiger partial charge in [0, 0.05) is 6.54 Å². The summed E-state index contributed by atoms with van der Waals surface area (Å²) in [7, 11) is 0. The molecule has 1 saturated heterocycles. The molecule has 18 heavy (non-hydrogen) atoms. The van der Waals surface area contributed by atoms with E-state index in [1.165, 1.54) is 24.0 Å². The molecule has 1 aromatic carbocycles. The number of amides is 1. The molecule has 0 spiro atoms. The fourth-order valence-electron chi connectivity index (χ4n) is 2.66. The van der Waals surface area contributed by atoms with Crippen molar-refractivity contribution in [3.05, 3.63) is 35.4 Å². The van der Waals surface area contributed by atoms with Crippen LogP contribution >= 0.6 is 0 Å². The van der Waals surface area contributed by atoms with Crippen molar-refractivity contribution in [1.29, 1.82) is 0 Å². The molecule has 2 unspecified atom stereocenters. The van der Waals surface area contributed by atoms with Gasteiger partial charge in [0.2, 0.25) is 5.91 Å². The van der Waals surface area contributed by atoms with Gasteiger partial charge in [-0.1, -0.05) is 29.8 Å². The molecular weight excluding hydrogens is 224 g/mol. The molecule has 0 aromatic heterocycles. The second-order valence-corrected chi connectivity index (χ2v) is 5.64. The normalized spacial score (nSPS) is 27.9. The van der Waals surface area contributed by atoms with Gasteiger partial charge in [-0.15, -0.1) is 0 Å². The number of hydrogen-bond acceptors (Lipinski definition) is 2. The molecule has 1 aliphatic heterocycles. The molecule has 96 valence electrons. The van der Waals surface area contributed by atoms with Gasteiger partial charge in [-0.2, -0.15) is 0 Å². The van der Waals surface area contributed by atoms with Crippen LogP contribution in [0.25, 0.3) is 0 Å². The van der Waals surface area contributed by atoms with E-state index in [2.05, 4.69) is 36.5 Å². The van der Waals surface area contributed by atoms with Gasteiger partial charge in [-0.3, -0.25) is 10.1 Å². The monoisotopic (exact) mass is 244 g/mol. The zero-order chi connectivity index (χ0) is 12.7. The molecule has 3 heteroatoms. The highest BCUT2D eigenvalue weighted by molar-refractivity contribution is 5.84. The highest BCUT2D eigenvalue weighted by atomic mass is 16.2. The zero-order valence-corrected chi connectivity index (χ0v) is 11.0. The number of nitrogens with one attached hydrogen (secondary N) is 1. The van der Waals surface area contributed by atoms with Crippen molar-refractivity contribution in [2.24, 2.45) is 5.92 Å². The first-order chi connectivity index (χ1) is 8.65. The molecule has 0 radical (unpaired) electrons. The van der Waals surface area contributed by atoms with Gasteiger partial charge in [0.1, 0.15) is 6.17 Å². The van der Waals surface area contributed by atoms with E-state index in [0.29, 0.717) is 0 Å². The van der Waals surface area contributed by atoms with Gasteiger partial charge in [0.05, 0.1) is 6.04 Å². The van der Waals surface area contributed by atoms with Gasteiger partial charge in [-0.05, 0) is 38.2 Å². The van der Waals surface area contributed by atoms with E-state index in [0.717, 1.165) is 12.5 Å². The van der Waals surface area contributed by atoms with Crippen LogP contribution in [-0.4, -0.2) is 23.4 Å². The summed E-state index contributed by atoms with van der Waals surface area (Å²) in [5.41, 5.74) is 2.45. The summed E-state index contributed by atoms with van der Waals surface area (Å²) in [5.74, 6) is 0.974. The highest BCUT2D eigenvalue weighted by Crippen LogP contribution is 2.34. The fourth-order valence-corrected chi connectivity index (χ4v) is 2.66. The van der Waals surface area contributed by atoms with Crippen molar-refractivity contribution in [1.82, 2.24) is 10.2 Å². The predicted octanol–water partition coefficient (Wildman–Crippen LogP) is 2.22. The van der Waals surface area contributed by atoms with Crippen LogP contribution in [0.1, 0.15) is 37.1 Å². The number of carbonyl (C=O) groups excluding carboxylic acids is 1. The first-order valence-corrected chi connectivity index (χ1v) is 6.78. The first kappa shape index (κ1) is 11.7. The van der Waals surface area contributed by atoms with E-state index in [1.54, 1.807) is 0 Å². The summed E-state index contributed by atoms with van der Waals surface area (Å²) in [4.78, 5) is 14.2. The molecule has 3 nitrogen and oxygen atoms in total. The Bertz CT molecular complexity index is 467. The van der Waals surface area contributed by atoms with Crippen molar-refractivity contribution in [3.63, 3.8) is 0 Å². The summed E-state index contributed by atoms with van der Waals surface area (Å²) in [6.45, 7) is 4.96. The van der Waals surface area contributed by atoms with Crippen molar-refractivity contribution < 1.29 is 4.79 Å². The summed E-state index contributed by atoms with van der Waals surface area (Å²) in [5, 5.41) is 3.41. The lowest BCUT2D eigenvalue weighted by molar-refractivity contribution is -0.130. The summed E-state index contributed by atoms with van der Waals surface area (Å²) in [6, 6.07) is 8.37.